The van der Waals surface area contributed by atoms with E-state index in [-0.39, 0.29) is 12.4 Å². The van der Waals surface area contributed by atoms with Crippen LogP contribution in [0.3, 0.4) is 0 Å². The van der Waals surface area contributed by atoms with Crippen LogP contribution in [0.25, 0.3) is 0 Å². The van der Waals surface area contributed by atoms with Gasteiger partial charge in [-0.05, 0) is 31.0 Å². The number of ether oxygens (including phenoxy) is 1. The van der Waals surface area contributed by atoms with E-state index in [1.807, 2.05) is 0 Å². The molecule has 0 atom stereocenters. The number of hydrogen-bond donors (Lipinski definition) is 1. The molecular formula is C10H13FO2. The van der Waals surface area contributed by atoms with Gasteiger partial charge < -0.3 is 9.84 Å². The second-order valence-electron chi connectivity index (χ2n) is 2.83. The molecule has 0 saturated heterocycles. The normalized spacial score (nSPS) is 10.2. The monoisotopic (exact) mass is 184 g/mol. The van der Waals surface area contributed by atoms with Crippen molar-refractivity contribution >= 4 is 0 Å². The Balaban J connectivity index is 3.15. The van der Waals surface area contributed by atoms with Gasteiger partial charge in [-0.25, -0.2) is 4.39 Å². The minimum atomic E-state index is -0.260. The fraction of sp³-hybridized carbons (Fsp3) is 0.400. The standard InChI is InChI=1S/C10H13FO2/c1-7-8(5-6-12)10(13-2)4-3-9(7)11/h3-4,12H,5-6H2,1-2H3. The van der Waals surface area contributed by atoms with Gasteiger partial charge in [-0.15, -0.1) is 0 Å². The highest BCUT2D eigenvalue weighted by atomic mass is 19.1. The summed E-state index contributed by atoms with van der Waals surface area (Å²) < 4.78 is 18.1. The highest BCUT2D eigenvalue weighted by molar-refractivity contribution is 5.40. The molecule has 0 aliphatic heterocycles. The average molecular weight is 184 g/mol. The van der Waals surface area contributed by atoms with E-state index < -0.39 is 0 Å². The van der Waals surface area contributed by atoms with Crippen LogP contribution in [-0.4, -0.2) is 18.8 Å². The number of rotatable bonds is 3. The second kappa shape index (κ2) is 4.23. The molecule has 72 valence electrons. The number of aliphatic hydroxyl groups excluding tert-OH is 1. The van der Waals surface area contributed by atoms with Crippen molar-refractivity contribution in [3.8, 4) is 5.75 Å². The molecule has 1 rings (SSSR count). The number of methoxy groups -OCH3 is 1. The molecule has 0 aromatic heterocycles. The van der Waals surface area contributed by atoms with Crippen LogP contribution >= 0.6 is 0 Å². The van der Waals surface area contributed by atoms with Crippen molar-refractivity contribution in [1.82, 2.24) is 0 Å². The lowest BCUT2D eigenvalue weighted by atomic mass is 10.0. The van der Waals surface area contributed by atoms with Gasteiger partial charge in [0.05, 0.1) is 7.11 Å². The van der Waals surface area contributed by atoms with Crippen LogP contribution in [0.15, 0.2) is 12.1 Å². The predicted octanol–water partition coefficient (Wildman–Crippen LogP) is 1.68. The maximum absolute atomic E-state index is 13.1. The van der Waals surface area contributed by atoms with Gasteiger partial charge in [0, 0.05) is 12.2 Å². The van der Waals surface area contributed by atoms with Gasteiger partial charge in [-0.3, -0.25) is 0 Å². The minimum Gasteiger partial charge on any atom is -0.496 e. The summed E-state index contributed by atoms with van der Waals surface area (Å²) in [5.74, 6) is 0.372. The summed E-state index contributed by atoms with van der Waals surface area (Å²) in [6.07, 6.45) is 0.423. The Bertz CT molecular complexity index is 297. The van der Waals surface area contributed by atoms with Crippen LogP contribution in [0.5, 0.6) is 5.75 Å². The van der Waals surface area contributed by atoms with Gasteiger partial charge in [-0.2, -0.15) is 0 Å². The van der Waals surface area contributed by atoms with E-state index in [0.717, 1.165) is 5.56 Å². The van der Waals surface area contributed by atoms with Crippen molar-refractivity contribution in [3.63, 3.8) is 0 Å². The molecule has 0 amide bonds. The summed E-state index contributed by atoms with van der Waals surface area (Å²) in [5, 5.41) is 8.78. The molecule has 0 aliphatic carbocycles. The van der Waals surface area contributed by atoms with E-state index in [4.69, 9.17) is 9.84 Å². The van der Waals surface area contributed by atoms with E-state index in [9.17, 15) is 4.39 Å². The Labute approximate surface area is 77.0 Å². The van der Waals surface area contributed by atoms with Crippen LogP contribution in [0.4, 0.5) is 4.39 Å². The molecule has 0 heterocycles. The highest BCUT2D eigenvalue weighted by Crippen LogP contribution is 2.24. The molecule has 1 N–H and O–H groups in total. The van der Waals surface area contributed by atoms with Crippen molar-refractivity contribution < 1.29 is 14.2 Å². The lowest BCUT2D eigenvalue weighted by Crippen LogP contribution is -2.00. The minimum absolute atomic E-state index is 0.000648. The molecule has 0 bridgehead atoms. The first-order chi connectivity index (χ1) is 6.20. The van der Waals surface area contributed by atoms with Gasteiger partial charge in [0.25, 0.3) is 0 Å². The van der Waals surface area contributed by atoms with Crippen LogP contribution in [0.2, 0.25) is 0 Å². The Morgan fingerprint density at radius 2 is 2.15 bits per heavy atom. The highest BCUT2D eigenvalue weighted by Gasteiger charge is 2.09. The van der Waals surface area contributed by atoms with Crippen molar-refractivity contribution in [2.24, 2.45) is 0 Å². The van der Waals surface area contributed by atoms with Crippen LogP contribution < -0.4 is 4.74 Å². The Hall–Kier alpha value is -1.09. The van der Waals surface area contributed by atoms with Crippen LogP contribution in [0, 0.1) is 12.7 Å². The Morgan fingerprint density at radius 1 is 1.46 bits per heavy atom. The van der Waals surface area contributed by atoms with Crippen molar-refractivity contribution in [1.29, 1.82) is 0 Å². The summed E-state index contributed by atoms with van der Waals surface area (Å²) in [5.41, 5.74) is 1.29. The van der Waals surface area contributed by atoms with Crippen molar-refractivity contribution in [2.75, 3.05) is 13.7 Å². The van der Waals surface area contributed by atoms with Gasteiger partial charge in [0.1, 0.15) is 11.6 Å². The fourth-order valence-electron chi connectivity index (χ4n) is 1.32. The van der Waals surface area contributed by atoms with Gasteiger partial charge in [0.2, 0.25) is 0 Å². The summed E-state index contributed by atoms with van der Waals surface area (Å²) in [6, 6.07) is 2.95. The quantitative estimate of drug-likeness (QED) is 0.774. The van der Waals surface area contributed by atoms with E-state index in [1.165, 1.54) is 13.2 Å². The fourth-order valence-corrected chi connectivity index (χ4v) is 1.32. The third-order valence-corrected chi connectivity index (χ3v) is 2.07. The van der Waals surface area contributed by atoms with Gasteiger partial charge >= 0.3 is 0 Å². The van der Waals surface area contributed by atoms with E-state index in [0.29, 0.717) is 17.7 Å². The molecule has 3 heteroatoms. The zero-order valence-corrected chi connectivity index (χ0v) is 7.80. The molecule has 1 aromatic rings. The predicted molar refractivity (Wildman–Crippen MR) is 48.5 cm³/mol. The van der Waals surface area contributed by atoms with Crippen molar-refractivity contribution in [3.05, 3.63) is 29.1 Å². The van der Waals surface area contributed by atoms with E-state index >= 15 is 0 Å². The lowest BCUT2D eigenvalue weighted by Gasteiger charge is -2.10. The third-order valence-electron chi connectivity index (χ3n) is 2.07. The first-order valence-electron chi connectivity index (χ1n) is 4.13. The number of benzene rings is 1. The van der Waals surface area contributed by atoms with Crippen LogP contribution in [0.1, 0.15) is 11.1 Å². The number of halogens is 1. The SMILES string of the molecule is COc1ccc(F)c(C)c1CCO. The Morgan fingerprint density at radius 3 is 2.69 bits per heavy atom. The first-order valence-corrected chi connectivity index (χ1v) is 4.13. The zero-order chi connectivity index (χ0) is 9.84. The molecule has 0 unspecified atom stereocenters. The zero-order valence-electron chi connectivity index (χ0n) is 7.80. The summed E-state index contributed by atoms with van der Waals surface area (Å²) in [4.78, 5) is 0. The molecule has 0 saturated carbocycles. The topological polar surface area (TPSA) is 29.5 Å². The summed E-state index contributed by atoms with van der Waals surface area (Å²) in [6.45, 7) is 1.68. The molecule has 0 fully saturated rings. The molecule has 0 aliphatic rings. The lowest BCUT2D eigenvalue weighted by molar-refractivity contribution is 0.296. The number of hydrogen-bond acceptors (Lipinski definition) is 2. The largest absolute Gasteiger partial charge is 0.496 e. The van der Waals surface area contributed by atoms with E-state index in [2.05, 4.69) is 0 Å². The summed E-state index contributed by atoms with van der Waals surface area (Å²) >= 11 is 0. The van der Waals surface area contributed by atoms with Crippen molar-refractivity contribution in [2.45, 2.75) is 13.3 Å². The molecule has 0 radical (unpaired) electrons. The van der Waals surface area contributed by atoms with E-state index in [1.54, 1.807) is 13.0 Å². The molecule has 2 nitrogen and oxygen atoms in total. The smallest absolute Gasteiger partial charge is 0.126 e. The summed E-state index contributed by atoms with van der Waals surface area (Å²) in [7, 11) is 1.54. The van der Waals surface area contributed by atoms with Crippen LogP contribution in [-0.2, 0) is 6.42 Å². The third kappa shape index (κ3) is 1.98. The van der Waals surface area contributed by atoms with Gasteiger partial charge in [0.15, 0.2) is 0 Å². The molecular weight excluding hydrogens is 171 g/mol. The molecule has 1 aromatic carbocycles. The first kappa shape index (κ1) is 9.99. The van der Waals surface area contributed by atoms with Gasteiger partial charge in [-0.1, -0.05) is 0 Å². The Kier molecular flexibility index (Phi) is 3.25. The molecule has 13 heavy (non-hydrogen) atoms. The maximum atomic E-state index is 13.1. The average Bonchev–Trinajstić information content (AvgIpc) is 2.14. The second-order valence-corrected chi connectivity index (χ2v) is 2.83. The molecule has 0 spiro atoms. The number of aliphatic hydroxyl groups is 1. The maximum Gasteiger partial charge on any atom is 0.126 e.